The highest BCUT2D eigenvalue weighted by Crippen LogP contribution is 2.57. The summed E-state index contributed by atoms with van der Waals surface area (Å²) in [7, 11) is 0. The Morgan fingerprint density at radius 1 is 1.12 bits per heavy atom. The van der Waals surface area contributed by atoms with E-state index in [1.165, 1.54) is 41.7 Å². The standard InChI is InChI=1S/C27H32N4O2/c1-18-7-8-20-21(30(18)26(32)33)9-10-22-25(20)29-24(17-19-5-3-2-4-6-19)31(22)23-11-12-27(23)13-15-28-16-14-27/h2-6,9-10,18,23,28H,7-8,11-17H2,1H3,(H,32,33)/t18-,23-/m0/s1. The van der Waals surface area contributed by atoms with Gasteiger partial charge in [0.2, 0.25) is 0 Å². The van der Waals surface area contributed by atoms with E-state index in [-0.39, 0.29) is 6.04 Å². The Balaban J connectivity index is 1.51. The predicted octanol–water partition coefficient (Wildman–Crippen LogP) is 5.15. The lowest BCUT2D eigenvalue weighted by atomic mass is 9.59. The maximum absolute atomic E-state index is 12.0. The molecule has 0 unspecified atom stereocenters. The molecular formula is C27H32N4O2. The molecule has 2 fully saturated rings. The molecule has 1 aromatic heterocycles. The smallest absolute Gasteiger partial charge is 0.412 e. The molecule has 0 radical (unpaired) electrons. The minimum atomic E-state index is -0.876. The predicted molar refractivity (Wildman–Crippen MR) is 130 cm³/mol. The van der Waals surface area contributed by atoms with Crippen molar-refractivity contribution in [1.29, 1.82) is 0 Å². The Morgan fingerprint density at radius 3 is 2.61 bits per heavy atom. The average Bonchev–Trinajstić information content (AvgIpc) is 3.16. The van der Waals surface area contributed by atoms with Crippen molar-refractivity contribution in [2.45, 2.75) is 64.0 Å². The van der Waals surface area contributed by atoms with Gasteiger partial charge in [0.05, 0.1) is 16.7 Å². The molecule has 1 amide bonds. The molecule has 0 bridgehead atoms. The summed E-state index contributed by atoms with van der Waals surface area (Å²) in [6, 6.07) is 15.2. The molecule has 1 saturated carbocycles. The van der Waals surface area contributed by atoms with Gasteiger partial charge in [-0.3, -0.25) is 4.90 Å². The van der Waals surface area contributed by atoms with Crippen LogP contribution in [0.15, 0.2) is 42.5 Å². The lowest BCUT2D eigenvalue weighted by Crippen LogP contribution is -2.49. The van der Waals surface area contributed by atoms with Gasteiger partial charge in [0.1, 0.15) is 5.82 Å². The molecule has 33 heavy (non-hydrogen) atoms. The average molecular weight is 445 g/mol. The third kappa shape index (κ3) is 3.26. The molecular weight excluding hydrogens is 412 g/mol. The number of benzene rings is 2. The number of nitrogens with zero attached hydrogens (tertiary/aromatic N) is 3. The molecule has 6 nitrogen and oxygen atoms in total. The van der Waals surface area contributed by atoms with Crippen molar-refractivity contribution < 1.29 is 9.90 Å². The van der Waals surface area contributed by atoms with Gasteiger partial charge in [-0.2, -0.15) is 0 Å². The fourth-order valence-electron chi connectivity index (χ4n) is 6.58. The lowest BCUT2D eigenvalue weighted by molar-refractivity contribution is 0.00834. The van der Waals surface area contributed by atoms with Crippen LogP contribution in [0.1, 0.15) is 62.0 Å². The number of nitrogens with one attached hydrogen (secondary N) is 1. The Bertz CT molecular complexity index is 1200. The zero-order valence-electron chi connectivity index (χ0n) is 19.3. The molecule has 3 heterocycles. The van der Waals surface area contributed by atoms with Crippen molar-refractivity contribution in [3.63, 3.8) is 0 Å². The number of aryl methyl sites for hydroxylation is 1. The Labute approximate surface area is 194 Å². The number of fused-ring (bicyclic) bond motifs is 3. The summed E-state index contributed by atoms with van der Waals surface area (Å²) in [5.41, 5.74) is 5.73. The van der Waals surface area contributed by atoms with Gasteiger partial charge in [-0.15, -0.1) is 0 Å². The molecule has 3 aliphatic rings. The number of carbonyl (C=O) groups is 1. The van der Waals surface area contributed by atoms with E-state index in [4.69, 9.17) is 4.98 Å². The van der Waals surface area contributed by atoms with E-state index in [0.29, 0.717) is 11.5 Å². The quantitative estimate of drug-likeness (QED) is 0.586. The number of piperidine rings is 1. The molecule has 2 N–H and O–H groups in total. The summed E-state index contributed by atoms with van der Waals surface area (Å²) in [5.74, 6) is 1.12. The fourth-order valence-corrected chi connectivity index (χ4v) is 6.58. The number of rotatable bonds is 3. The molecule has 172 valence electrons. The van der Waals surface area contributed by atoms with Gasteiger partial charge in [-0.1, -0.05) is 30.3 Å². The largest absolute Gasteiger partial charge is 0.465 e. The molecule has 1 saturated heterocycles. The molecule has 6 rings (SSSR count). The van der Waals surface area contributed by atoms with Crippen LogP contribution >= 0.6 is 0 Å². The highest BCUT2D eigenvalue weighted by Gasteiger charge is 2.49. The third-order valence-electron chi connectivity index (χ3n) is 8.47. The molecule has 2 atom stereocenters. The van der Waals surface area contributed by atoms with Crippen molar-refractivity contribution in [2.75, 3.05) is 18.0 Å². The SMILES string of the molecule is C[C@H]1CCc2c(ccc3c2nc(Cc2ccccc2)n3[C@H]2CCC23CCNCC3)N1C(=O)O. The molecule has 1 aliphatic carbocycles. The first-order valence-electron chi connectivity index (χ1n) is 12.4. The van der Waals surface area contributed by atoms with E-state index in [9.17, 15) is 9.90 Å². The summed E-state index contributed by atoms with van der Waals surface area (Å²) in [6.45, 7) is 4.19. The first-order chi connectivity index (χ1) is 16.1. The van der Waals surface area contributed by atoms with E-state index in [2.05, 4.69) is 46.3 Å². The van der Waals surface area contributed by atoms with Crippen LogP contribution < -0.4 is 10.2 Å². The number of aromatic nitrogens is 2. The summed E-state index contributed by atoms with van der Waals surface area (Å²) in [6.07, 6.45) is 6.56. The minimum absolute atomic E-state index is 0.0111. The van der Waals surface area contributed by atoms with Crippen LogP contribution in [0.2, 0.25) is 0 Å². The number of amides is 1. The van der Waals surface area contributed by atoms with Crippen LogP contribution in [0.25, 0.3) is 11.0 Å². The molecule has 2 aromatic carbocycles. The topological polar surface area (TPSA) is 70.4 Å². The maximum Gasteiger partial charge on any atom is 0.412 e. The zero-order chi connectivity index (χ0) is 22.6. The van der Waals surface area contributed by atoms with E-state index in [0.717, 1.165) is 54.9 Å². The summed E-state index contributed by atoms with van der Waals surface area (Å²) in [4.78, 5) is 18.8. The number of imidazole rings is 1. The van der Waals surface area contributed by atoms with E-state index < -0.39 is 6.09 Å². The highest BCUT2D eigenvalue weighted by atomic mass is 16.4. The number of hydrogen-bond donors (Lipinski definition) is 2. The monoisotopic (exact) mass is 444 g/mol. The fraction of sp³-hybridized carbons (Fsp3) is 0.481. The molecule has 6 heteroatoms. The Kier molecular flexibility index (Phi) is 4.94. The van der Waals surface area contributed by atoms with Crippen LogP contribution in [0.4, 0.5) is 10.5 Å². The molecule has 3 aromatic rings. The summed E-state index contributed by atoms with van der Waals surface area (Å²) in [5, 5.41) is 13.4. The van der Waals surface area contributed by atoms with Crippen LogP contribution in [-0.4, -0.2) is 39.9 Å². The van der Waals surface area contributed by atoms with Crippen molar-refractivity contribution in [3.8, 4) is 0 Å². The summed E-state index contributed by atoms with van der Waals surface area (Å²) >= 11 is 0. The first kappa shape index (κ1) is 20.7. The maximum atomic E-state index is 12.0. The van der Waals surface area contributed by atoms with Crippen molar-refractivity contribution in [1.82, 2.24) is 14.9 Å². The van der Waals surface area contributed by atoms with E-state index in [1.807, 2.05) is 13.0 Å². The van der Waals surface area contributed by atoms with Crippen LogP contribution in [-0.2, 0) is 12.8 Å². The van der Waals surface area contributed by atoms with Gasteiger partial charge in [-0.05, 0) is 81.6 Å². The van der Waals surface area contributed by atoms with Crippen LogP contribution in [0.5, 0.6) is 0 Å². The molecule has 1 spiro atoms. The van der Waals surface area contributed by atoms with Crippen LogP contribution in [0.3, 0.4) is 0 Å². The van der Waals surface area contributed by atoms with Crippen molar-refractivity contribution in [2.24, 2.45) is 5.41 Å². The zero-order valence-corrected chi connectivity index (χ0v) is 19.3. The van der Waals surface area contributed by atoms with Crippen molar-refractivity contribution in [3.05, 3.63) is 59.4 Å². The number of anilines is 1. The van der Waals surface area contributed by atoms with Gasteiger partial charge in [0.15, 0.2) is 0 Å². The van der Waals surface area contributed by atoms with E-state index >= 15 is 0 Å². The minimum Gasteiger partial charge on any atom is -0.465 e. The van der Waals surface area contributed by atoms with Crippen molar-refractivity contribution >= 4 is 22.8 Å². The summed E-state index contributed by atoms with van der Waals surface area (Å²) < 4.78 is 2.54. The van der Waals surface area contributed by atoms with Gasteiger partial charge in [0, 0.05) is 24.1 Å². The first-order valence-corrected chi connectivity index (χ1v) is 12.4. The van der Waals surface area contributed by atoms with Crippen LogP contribution in [0, 0.1) is 5.41 Å². The highest BCUT2D eigenvalue weighted by molar-refractivity contribution is 5.94. The Hall–Kier alpha value is -2.86. The second kappa shape index (κ2) is 7.87. The number of carboxylic acid groups (broad SMARTS) is 1. The lowest BCUT2D eigenvalue weighted by Gasteiger charge is -2.53. The van der Waals surface area contributed by atoms with E-state index in [1.54, 1.807) is 0 Å². The van der Waals surface area contributed by atoms with Gasteiger partial charge >= 0.3 is 6.09 Å². The second-order valence-electron chi connectivity index (χ2n) is 10.2. The third-order valence-corrected chi connectivity index (χ3v) is 8.47. The van der Waals surface area contributed by atoms with Gasteiger partial charge in [-0.25, -0.2) is 9.78 Å². The number of hydrogen-bond acceptors (Lipinski definition) is 3. The van der Waals surface area contributed by atoms with Gasteiger partial charge in [0.25, 0.3) is 0 Å². The van der Waals surface area contributed by atoms with Gasteiger partial charge < -0.3 is 15.0 Å². The molecule has 2 aliphatic heterocycles. The Morgan fingerprint density at radius 2 is 1.91 bits per heavy atom. The normalized spacial score (nSPS) is 24.0. The second-order valence-corrected chi connectivity index (χ2v) is 10.2.